The summed E-state index contributed by atoms with van der Waals surface area (Å²) in [5.74, 6) is -0.506. The van der Waals surface area contributed by atoms with Crippen molar-refractivity contribution in [2.24, 2.45) is 0 Å². The van der Waals surface area contributed by atoms with E-state index in [9.17, 15) is 14.4 Å². The fourth-order valence-electron chi connectivity index (χ4n) is 3.39. The number of halogens is 1. The minimum atomic E-state index is -0.825. The molecule has 8 heteroatoms. The predicted molar refractivity (Wildman–Crippen MR) is 129 cm³/mol. The highest BCUT2D eigenvalue weighted by Crippen LogP contribution is 2.31. The van der Waals surface area contributed by atoms with Crippen molar-refractivity contribution >= 4 is 41.2 Å². The summed E-state index contributed by atoms with van der Waals surface area (Å²) >= 11 is 5.90. The molecule has 1 heterocycles. The zero-order valence-electron chi connectivity index (χ0n) is 18.3. The molecular weight excluding hydrogens is 456 g/mol. The van der Waals surface area contributed by atoms with E-state index in [2.05, 4.69) is 5.32 Å². The fraction of sp³-hybridized carbons (Fsp3) is 0.115. The number of nitrogens with zero attached hydrogens (tertiary/aromatic N) is 1. The lowest BCUT2D eigenvalue weighted by molar-refractivity contribution is -0.122. The standard InChI is InChI=1S/C26H21ClN2O5/c1-2-33-23-15-18(8-13-22(23)34-16-17-6-4-3-5-7-17)14-21-24(30)28-26(32)29(25(21)31)20-11-9-19(27)10-12-20/h3-15H,2,16H2,1H3,(H,28,30,32). The summed E-state index contributed by atoms with van der Waals surface area (Å²) in [5, 5.41) is 2.66. The second kappa shape index (κ2) is 10.2. The number of anilines is 1. The number of rotatable bonds is 7. The van der Waals surface area contributed by atoms with Crippen molar-refractivity contribution in [2.45, 2.75) is 13.5 Å². The van der Waals surface area contributed by atoms with Crippen molar-refractivity contribution in [1.29, 1.82) is 0 Å². The van der Waals surface area contributed by atoms with Crippen molar-refractivity contribution in [3.05, 3.63) is 94.5 Å². The number of amides is 4. The van der Waals surface area contributed by atoms with Gasteiger partial charge in [0, 0.05) is 5.02 Å². The van der Waals surface area contributed by atoms with Crippen LogP contribution in [-0.2, 0) is 16.2 Å². The van der Waals surface area contributed by atoms with Gasteiger partial charge in [0.2, 0.25) is 0 Å². The number of urea groups is 1. The Morgan fingerprint density at radius 2 is 1.65 bits per heavy atom. The summed E-state index contributed by atoms with van der Waals surface area (Å²) in [6.07, 6.45) is 1.41. The van der Waals surface area contributed by atoms with Gasteiger partial charge >= 0.3 is 6.03 Å². The van der Waals surface area contributed by atoms with E-state index in [1.165, 1.54) is 18.2 Å². The number of barbiturate groups is 1. The molecular formula is C26H21ClN2O5. The van der Waals surface area contributed by atoms with Crippen molar-refractivity contribution in [1.82, 2.24) is 5.32 Å². The van der Waals surface area contributed by atoms with Gasteiger partial charge in [-0.25, -0.2) is 9.69 Å². The molecule has 0 aliphatic carbocycles. The SMILES string of the molecule is CCOc1cc(C=C2C(=O)NC(=O)N(c3ccc(Cl)cc3)C2=O)ccc1OCc1ccccc1. The van der Waals surface area contributed by atoms with Crippen molar-refractivity contribution in [3.63, 3.8) is 0 Å². The number of hydrogen-bond acceptors (Lipinski definition) is 5. The molecule has 0 atom stereocenters. The molecule has 3 aromatic carbocycles. The molecule has 0 bridgehead atoms. The third kappa shape index (κ3) is 5.10. The summed E-state index contributed by atoms with van der Waals surface area (Å²) in [7, 11) is 0. The van der Waals surface area contributed by atoms with Crippen LogP contribution < -0.4 is 19.7 Å². The normalized spacial score (nSPS) is 14.8. The van der Waals surface area contributed by atoms with Gasteiger partial charge in [0.25, 0.3) is 11.8 Å². The predicted octanol–water partition coefficient (Wildman–Crippen LogP) is 4.98. The van der Waals surface area contributed by atoms with Crippen LogP contribution >= 0.6 is 11.6 Å². The van der Waals surface area contributed by atoms with E-state index >= 15 is 0 Å². The highest BCUT2D eigenvalue weighted by molar-refractivity contribution is 6.39. The quantitative estimate of drug-likeness (QED) is 0.384. The Balaban J connectivity index is 1.61. The molecule has 1 fully saturated rings. The first-order valence-corrected chi connectivity index (χ1v) is 10.9. The molecule has 172 valence electrons. The van der Waals surface area contributed by atoms with E-state index < -0.39 is 17.8 Å². The minimum absolute atomic E-state index is 0.185. The molecule has 0 saturated carbocycles. The monoisotopic (exact) mass is 476 g/mol. The smallest absolute Gasteiger partial charge is 0.335 e. The molecule has 7 nitrogen and oxygen atoms in total. The second-order valence-electron chi connectivity index (χ2n) is 7.35. The number of benzene rings is 3. The van der Waals surface area contributed by atoms with E-state index in [0.717, 1.165) is 10.5 Å². The highest BCUT2D eigenvalue weighted by Gasteiger charge is 2.36. The number of imide groups is 2. The first kappa shape index (κ1) is 23.1. The summed E-state index contributed by atoms with van der Waals surface area (Å²) in [6, 6.07) is 20.2. The van der Waals surface area contributed by atoms with Gasteiger partial charge in [0.15, 0.2) is 11.5 Å². The third-order valence-electron chi connectivity index (χ3n) is 5.00. The maximum absolute atomic E-state index is 13.1. The van der Waals surface area contributed by atoms with Crippen LogP contribution in [0.3, 0.4) is 0 Å². The lowest BCUT2D eigenvalue weighted by Gasteiger charge is -2.26. The van der Waals surface area contributed by atoms with Gasteiger partial charge in [-0.2, -0.15) is 0 Å². The lowest BCUT2D eigenvalue weighted by atomic mass is 10.1. The van der Waals surface area contributed by atoms with Crippen molar-refractivity contribution in [2.75, 3.05) is 11.5 Å². The van der Waals surface area contributed by atoms with E-state index in [1.54, 1.807) is 30.3 Å². The molecule has 34 heavy (non-hydrogen) atoms. The molecule has 1 saturated heterocycles. The molecule has 0 radical (unpaired) electrons. The first-order valence-electron chi connectivity index (χ1n) is 10.6. The highest BCUT2D eigenvalue weighted by atomic mass is 35.5. The Morgan fingerprint density at radius 3 is 2.35 bits per heavy atom. The van der Waals surface area contributed by atoms with Crippen LogP contribution in [0.5, 0.6) is 11.5 Å². The van der Waals surface area contributed by atoms with E-state index in [4.69, 9.17) is 21.1 Å². The molecule has 0 aromatic heterocycles. The maximum atomic E-state index is 13.1. The number of nitrogens with one attached hydrogen (secondary N) is 1. The van der Waals surface area contributed by atoms with Gasteiger partial charge in [-0.05, 0) is 60.5 Å². The molecule has 1 aliphatic heterocycles. The van der Waals surface area contributed by atoms with Gasteiger partial charge in [-0.3, -0.25) is 14.9 Å². The van der Waals surface area contributed by atoms with Crippen LogP contribution in [0.25, 0.3) is 6.08 Å². The van der Waals surface area contributed by atoms with Crippen LogP contribution in [-0.4, -0.2) is 24.5 Å². The molecule has 1 N–H and O–H groups in total. The van der Waals surface area contributed by atoms with E-state index in [1.807, 2.05) is 37.3 Å². The van der Waals surface area contributed by atoms with Gasteiger partial charge < -0.3 is 9.47 Å². The number of ether oxygens (including phenoxy) is 2. The topological polar surface area (TPSA) is 84.9 Å². The number of hydrogen-bond donors (Lipinski definition) is 1. The summed E-state index contributed by atoms with van der Waals surface area (Å²) < 4.78 is 11.6. The van der Waals surface area contributed by atoms with Crippen molar-refractivity contribution < 1.29 is 23.9 Å². The van der Waals surface area contributed by atoms with Crippen LogP contribution in [0, 0.1) is 0 Å². The molecule has 0 spiro atoms. The summed E-state index contributed by atoms with van der Waals surface area (Å²) in [5.41, 5.74) is 1.66. The average molecular weight is 477 g/mol. The van der Waals surface area contributed by atoms with Gasteiger partial charge in [0.1, 0.15) is 12.2 Å². The Hall–Kier alpha value is -4.10. The average Bonchev–Trinajstić information content (AvgIpc) is 2.83. The minimum Gasteiger partial charge on any atom is -0.490 e. The van der Waals surface area contributed by atoms with Gasteiger partial charge in [-0.1, -0.05) is 48.0 Å². The third-order valence-corrected chi connectivity index (χ3v) is 5.25. The molecule has 0 unspecified atom stereocenters. The second-order valence-corrected chi connectivity index (χ2v) is 7.78. The van der Waals surface area contributed by atoms with E-state index in [-0.39, 0.29) is 5.57 Å². The van der Waals surface area contributed by atoms with Gasteiger partial charge in [-0.15, -0.1) is 0 Å². The van der Waals surface area contributed by atoms with E-state index in [0.29, 0.717) is 41.0 Å². The van der Waals surface area contributed by atoms with Crippen molar-refractivity contribution in [3.8, 4) is 11.5 Å². The zero-order valence-corrected chi connectivity index (χ0v) is 19.0. The summed E-state index contributed by atoms with van der Waals surface area (Å²) in [4.78, 5) is 38.8. The van der Waals surface area contributed by atoms with Crippen LogP contribution in [0.2, 0.25) is 5.02 Å². The molecule has 4 amide bonds. The molecule has 1 aliphatic rings. The lowest BCUT2D eigenvalue weighted by Crippen LogP contribution is -2.54. The first-order chi connectivity index (χ1) is 16.5. The Kier molecular flexibility index (Phi) is 6.94. The zero-order chi connectivity index (χ0) is 24.1. The molecule has 4 rings (SSSR count). The number of carbonyl (C=O) groups excluding carboxylic acids is 3. The maximum Gasteiger partial charge on any atom is 0.335 e. The Bertz CT molecular complexity index is 1260. The molecule has 3 aromatic rings. The van der Waals surface area contributed by atoms with Gasteiger partial charge in [0.05, 0.1) is 12.3 Å². The van der Waals surface area contributed by atoms with Crippen LogP contribution in [0.4, 0.5) is 10.5 Å². The Morgan fingerprint density at radius 1 is 0.912 bits per heavy atom. The Labute approximate surface area is 201 Å². The summed E-state index contributed by atoms with van der Waals surface area (Å²) in [6.45, 7) is 2.61. The van der Waals surface area contributed by atoms with Crippen LogP contribution in [0.1, 0.15) is 18.1 Å². The fourth-order valence-corrected chi connectivity index (χ4v) is 3.51. The largest absolute Gasteiger partial charge is 0.490 e. The number of carbonyl (C=O) groups is 3. The van der Waals surface area contributed by atoms with Crippen LogP contribution in [0.15, 0.2) is 78.4 Å².